The fourth-order valence-corrected chi connectivity index (χ4v) is 2.74. The molecular weight excluding hydrogens is 248 g/mol. The minimum atomic E-state index is 0.0377. The number of ether oxygens (including phenoxy) is 1. The molecule has 3 nitrogen and oxygen atoms in total. The number of methoxy groups -OCH3 is 1. The van der Waals surface area contributed by atoms with Gasteiger partial charge in [-0.25, -0.2) is 0 Å². The Bertz CT molecular complexity index is 382. The molecule has 1 aromatic carbocycles. The summed E-state index contributed by atoms with van der Waals surface area (Å²) in [4.78, 5) is 2.44. The molecule has 114 valence electrons. The zero-order valence-electron chi connectivity index (χ0n) is 13.6. The van der Waals surface area contributed by atoms with Gasteiger partial charge in [0.05, 0.1) is 7.11 Å². The van der Waals surface area contributed by atoms with Crippen LogP contribution >= 0.6 is 0 Å². The van der Waals surface area contributed by atoms with Gasteiger partial charge in [-0.05, 0) is 57.5 Å². The maximum Gasteiger partial charge on any atom is 0.118 e. The molecule has 0 radical (unpaired) electrons. The van der Waals surface area contributed by atoms with E-state index >= 15 is 0 Å². The average Bonchev–Trinajstić information content (AvgIpc) is 2.46. The lowest BCUT2D eigenvalue weighted by Crippen LogP contribution is -2.56. The summed E-state index contributed by atoms with van der Waals surface area (Å²) in [5.41, 5.74) is 7.80. The van der Waals surface area contributed by atoms with Crippen LogP contribution in [0.15, 0.2) is 24.3 Å². The molecule has 0 aliphatic carbocycles. The Kier molecular flexibility index (Phi) is 6.50. The molecule has 1 atom stereocenters. The van der Waals surface area contributed by atoms with Gasteiger partial charge in [0, 0.05) is 11.6 Å². The van der Waals surface area contributed by atoms with Crippen LogP contribution in [0.1, 0.15) is 39.7 Å². The Morgan fingerprint density at radius 3 is 2.15 bits per heavy atom. The lowest BCUT2D eigenvalue weighted by atomic mass is 9.88. The molecule has 1 aromatic rings. The van der Waals surface area contributed by atoms with Crippen molar-refractivity contribution in [1.29, 1.82) is 0 Å². The van der Waals surface area contributed by atoms with E-state index in [1.54, 1.807) is 7.11 Å². The molecule has 0 heterocycles. The van der Waals surface area contributed by atoms with E-state index in [9.17, 15) is 0 Å². The van der Waals surface area contributed by atoms with E-state index in [1.807, 2.05) is 12.1 Å². The SMILES string of the molecule is CCN(CC)C(C)(C)C(N)CCc1ccc(OC)cc1. The van der Waals surface area contributed by atoms with Gasteiger partial charge in [-0.1, -0.05) is 26.0 Å². The van der Waals surface area contributed by atoms with Crippen molar-refractivity contribution in [3.63, 3.8) is 0 Å². The highest BCUT2D eigenvalue weighted by atomic mass is 16.5. The van der Waals surface area contributed by atoms with Gasteiger partial charge in [0.15, 0.2) is 0 Å². The van der Waals surface area contributed by atoms with Gasteiger partial charge in [-0.3, -0.25) is 4.90 Å². The molecular formula is C17H30N2O. The third-order valence-electron chi connectivity index (χ3n) is 4.39. The molecule has 1 unspecified atom stereocenters. The van der Waals surface area contributed by atoms with E-state index in [0.717, 1.165) is 31.7 Å². The van der Waals surface area contributed by atoms with E-state index < -0.39 is 0 Å². The van der Waals surface area contributed by atoms with Crippen LogP contribution in [0, 0.1) is 0 Å². The van der Waals surface area contributed by atoms with Gasteiger partial charge in [-0.2, -0.15) is 0 Å². The number of rotatable bonds is 8. The normalized spacial score (nSPS) is 13.6. The first kappa shape index (κ1) is 17.0. The minimum absolute atomic E-state index is 0.0377. The summed E-state index contributed by atoms with van der Waals surface area (Å²) < 4.78 is 5.18. The lowest BCUT2D eigenvalue weighted by Gasteiger charge is -2.42. The fourth-order valence-electron chi connectivity index (χ4n) is 2.74. The molecule has 0 aliphatic rings. The smallest absolute Gasteiger partial charge is 0.118 e. The molecule has 0 aromatic heterocycles. The number of nitrogens with zero attached hydrogens (tertiary/aromatic N) is 1. The van der Waals surface area contributed by atoms with Gasteiger partial charge in [0.2, 0.25) is 0 Å². The van der Waals surface area contributed by atoms with Crippen LogP contribution < -0.4 is 10.5 Å². The number of nitrogens with two attached hydrogens (primary N) is 1. The second kappa shape index (κ2) is 7.65. The molecule has 2 N–H and O–H groups in total. The standard InChI is InChI=1S/C17H30N2O/c1-6-19(7-2)17(3,4)16(18)13-10-14-8-11-15(20-5)12-9-14/h8-9,11-12,16H,6-7,10,13,18H2,1-5H3. The summed E-state index contributed by atoms with van der Waals surface area (Å²) in [5.74, 6) is 0.904. The summed E-state index contributed by atoms with van der Waals surface area (Å²) in [5, 5.41) is 0. The molecule has 0 saturated heterocycles. The number of hydrogen-bond acceptors (Lipinski definition) is 3. The first-order valence-corrected chi connectivity index (χ1v) is 7.59. The number of hydrogen-bond donors (Lipinski definition) is 1. The minimum Gasteiger partial charge on any atom is -0.497 e. The van der Waals surface area contributed by atoms with Crippen LogP contribution in [-0.2, 0) is 6.42 Å². The summed E-state index contributed by atoms with van der Waals surface area (Å²) in [6.07, 6.45) is 2.01. The van der Waals surface area contributed by atoms with E-state index in [1.165, 1.54) is 5.56 Å². The summed E-state index contributed by atoms with van der Waals surface area (Å²) in [6.45, 7) is 11.0. The van der Waals surface area contributed by atoms with Crippen molar-refractivity contribution in [2.75, 3.05) is 20.2 Å². The highest BCUT2D eigenvalue weighted by Crippen LogP contribution is 2.21. The van der Waals surface area contributed by atoms with E-state index in [4.69, 9.17) is 10.5 Å². The second-order valence-corrected chi connectivity index (χ2v) is 5.82. The summed E-state index contributed by atoms with van der Waals surface area (Å²) in [7, 11) is 1.69. The molecule has 0 fully saturated rings. The van der Waals surface area contributed by atoms with Gasteiger partial charge in [0.1, 0.15) is 5.75 Å². The largest absolute Gasteiger partial charge is 0.497 e. The molecule has 1 rings (SSSR count). The van der Waals surface area contributed by atoms with Crippen molar-refractivity contribution in [3.05, 3.63) is 29.8 Å². The maximum absolute atomic E-state index is 6.44. The van der Waals surface area contributed by atoms with Crippen LogP contribution in [0.5, 0.6) is 5.75 Å². The summed E-state index contributed by atoms with van der Waals surface area (Å²) >= 11 is 0. The zero-order valence-corrected chi connectivity index (χ0v) is 13.6. The maximum atomic E-state index is 6.44. The Morgan fingerprint density at radius 1 is 1.15 bits per heavy atom. The Hall–Kier alpha value is -1.06. The highest BCUT2D eigenvalue weighted by Gasteiger charge is 2.30. The number of aryl methyl sites for hydroxylation is 1. The van der Waals surface area contributed by atoms with Crippen molar-refractivity contribution in [2.45, 2.75) is 52.1 Å². The first-order chi connectivity index (χ1) is 9.45. The van der Waals surface area contributed by atoms with Crippen molar-refractivity contribution in [1.82, 2.24) is 4.90 Å². The molecule has 3 heteroatoms. The number of benzene rings is 1. The van der Waals surface area contributed by atoms with E-state index in [2.05, 4.69) is 44.7 Å². The third-order valence-corrected chi connectivity index (χ3v) is 4.39. The Labute approximate surface area is 124 Å². The third kappa shape index (κ3) is 4.22. The Balaban J connectivity index is 2.58. The highest BCUT2D eigenvalue weighted by molar-refractivity contribution is 5.27. The Morgan fingerprint density at radius 2 is 1.70 bits per heavy atom. The van der Waals surface area contributed by atoms with Gasteiger partial charge in [-0.15, -0.1) is 0 Å². The van der Waals surface area contributed by atoms with E-state index in [-0.39, 0.29) is 11.6 Å². The zero-order chi connectivity index (χ0) is 15.2. The van der Waals surface area contributed by atoms with Gasteiger partial charge in [0.25, 0.3) is 0 Å². The molecule has 0 saturated carbocycles. The topological polar surface area (TPSA) is 38.5 Å². The van der Waals surface area contributed by atoms with Crippen LogP contribution in [0.4, 0.5) is 0 Å². The van der Waals surface area contributed by atoms with Crippen LogP contribution in [0.25, 0.3) is 0 Å². The molecule has 0 amide bonds. The van der Waals surface area contributed by atoms with Crippen LogP contribution in [-0.4, -0.2) is 36.7 Å². The predicted octanol–water partition coefficient (Wildman–Crippen LogP) is 3.08. The van der Waals surface area contributed by atoms with Gasteiger partial charge < -0.3 is 10.5 Å². The molecule has 0 aliphatic heterocycles. The van der Waals surface area contributed by atoms with Gasteiger partial charge >= 0.3 is 0 Å². The number of likely N-dealkylation sites (N-methyl/N-ethyl adjacent to an activating group) is 1. The predicted molar refractivity (Wildman–Crippen MR) is 86.3 cm³/mol. The average molecular weight is 278 g/mol. The molecule has 0 spiro atoms. The van der Waals surface area contributed by atoms with Crippen molar-refractivity contribution >= 4 is 0 Å². The quantitative estimate of drug-likeness (QED) is 0.794. The fraction of sp³-hybridized carbons (Fsp3) is 0.647. The summed E-state index contributed by atoms with van der Waals surface area (Å²) in [6, 6.07) is 8.43. The molecule has 0 bridgehead atoms. The van der Waals surface area contributed by atoms with Crippen molar-refractivity contribution in [2.24, 2.45) is 5.73 Å². The second-order valence-electron chi connectivity index (χ2n) is 5.82. The lowest BCUT2D eigenvalue weighted by molar-refractivity contribution is 0.103. The van der Waals surface area contributed by atoms with E-state index in [0.29, 0.717) is 0 Å². The van der Waals surface area contributed by atoms with Crippen LogP contribution in [0.2, 0.25) is 0 Å². The van der Waals surface area contributed by atoms with Crippen molar-refractivity contribution < 1.29 is 4.74 Å². The van der Waals surface area contributed by atoms with Crippen LogP contribution in [0.3, 0.4) is 0 Å². The first-order valence-electron chi connectivity index (χ1n) is 7.59. The molecule has 20 heavy (non-hydrogen) atoms. The monoisotopic (exact) mass is 278 g/mol. The van der Waals surface area contributed by atoms with Crippen molar-refractivity contribution in [3.8, 4) is 5.75 Å².